The molecule has 12 N–H and O–H groups in total. The number of nitrogens with one attached hydrogen (secondary N) is 2. The average molecular weight is 1380 g/mol. The van der Waals surface area contributed by atoms with Gasteiger partial charge < -0.3 is 39.3 Å². The van der Waals surface area contributed by atoms with E-state index in [2.05, 4.69) is 10.6 Å². The van der Waals surface area contributed by atoms with Gasteiger partial charge in [0.25, 0.3) is 0 Å². The number of carbonyl (C=O) groups excluding carboxylic acids is 6. The molecule has 0 saturated carbocycles. The highest BCUT2D eigenvalue weighted by Gasteiger charge is 2.36. The van der Waals surface area contributed by atoms with Crippen molar-refractivity contribution in [2.45, 2.75) is 145 Å². The molecule has 5 aromatic carbocycles. The van der Waals surface area contributed by atoms with Crippen LogP contribution in [0.25, 0.3) is 0 Å². The molecule has 0 heterocycles. The van der Waals surface area contributed by atoms with Gasteiger partial charge in [0.2, 0.25) is 41.9 Å². The van der Waals surface area contributed by atoms with Gasteiger partial charge in [0.15, 0.2) is 5.78 Å². The maximum atomic E-state index is 15.1. The van der Waals surface area contributed by atoms with Gasteiger partial charge in [-0.05, 0) is 151 Å². The SMILES string of the molecule is CC(=O)CN(C[C@@H](CC(=O)[C@H](Cc1ccccc1)NC(=O)CN(C[C@H](CCCCN)NC(=O)[C@H](CCCCN)CC(=O)CN(C[C@@H](CC(=O)[C@@H](N)CCCCN)Cc1ccccc1)S(=O)(=O)c1ccc(C)cc1)S(=O)(=O)c1ccc(C)cc1)Cc1ccccc1)S(=O)(=O)CCN. The minimum Gasteiger partial charge on any atom is -0.352 e. The lowest BCUT2D eigenvalue weighted by Crippen LogP contribution is -2.52. The van der Waals surface area contributed by atoms with E-state index in [0.717, 1.165) is 35.2 Å². The zero-order valence-corrected chi connectivity index (χ0v) is 58.4. The minimum absolute atomic E-state index is 0.0346. The fourth-order valence-electron chi connectivity index (χ4n) is 11.6. The molecule has 0 fully saturated rings. The average Bonchev–Trinajstić information content (AvgIpc) is 0.818. The number of hydrogen-bond donors (Lipinski definition) is 7. The Bertz CT molecular complexity index is 3580. The van der Waals surface area contributed by atoms with Crippen molar-refractivity contribution in [3.63, 3.8) is 0 Å². The monoisotopic (exact) mass is 1380 g/mol. The lowest BCUT2D eigenvalue weighted by Gasteiger charge is -2.30. The van der Waals surface area contributed by atoms with Gasteiger partial charge in [-0.3, -0.25) is 28.8 Å². The molecule has 0 aliphatic carbocycles. The number of benzene rings is 5. The van der Waals surface area contributed by atoms with E-state index in [-0.39, 0.29) is 93.2 Å². The van der Waals surface area contributed by atoms with Gasteiger partial charge >= 0.3 is 0 Å². The molecule has 0 saturated heterocycles. The van der Waals surface area contributed by atoms with Crippen molar-refractivity contribution >= 4 is 65.0 Å². The van der Waals surface area contributed by atoms with Crippen LogP contribution in [0.4, 0.5) is 0 Å². The zero-order valence-electron chi connectivity index (χ0n) is 56.0. The lowest BCUT2D eigenvalue weighted by molar-refractivity contribution is -0.130. The van der Waals surface area contributed by atoms with Gasteiger partial charge in [-0.25, -0.2) is 25.3 Å². The van der Waals surface area contributed by atoms with Gasteiger partial charge in [-0.1, -0.05) is 146 Å². The number of nitrogens with zero attached hydrogens (tertiary/aromatic N) is 3. The number of nitrogens with two attached hydrogens (primary N) is 5. The van der Waals surface area contributed by atoms with Gasteiger partial charge in [0.05, 0.1) is 47.3 Å². The van der Waals surface area contributed by atoms with Crippen LogP contribution in [0.3, 0.4) is 0 Å². The predicted molar refractivity (Wildman–Crippen MR) is 375 cm³/mol. The zero-order chi connectivity index (χ0) is 70.3. The van der Waals surface area contributed by atoms with Crippen LogP contribution >= 0.6 is 0 Å². The van der Waals surface area contributed by atoms with Crippen molar-refractivity contribution in [1.29, 1.82) is 0 Å². The molecule has 6 atom stereocenters. The molecule has 0 aliphatic heterocycles. The Morgan fingerprint density at radius 1 is 0.458 bits per heavy atom. The molecule has 0 unspecified atom stereocenters. The number of Topliss-reactive ketones (excluding diaryl/α,β-unsaturated/α-hetero) is 4. The maximum Gasteiger partial charge on any atom is 0.243 e. The predicted octanol–water partition coefficient (Wildman–Crippen LogP) is 5.30. The van der Waals surface area contributed by atoms with Crippen molar-refractivity contribution in [2.75, 3.05) is 71.2 Å². The largest absolute Gasteiger partial charge is 0.352 e. The van der Waals surface area contributed by atoms with Crippen LogP contribution in [0.1, 0.15) is 112 Å². The van der Waals surface area contributed by atoms with E-state index in [1.807, 2.05) is 55.5 Å². The van der Waals surface area contributed by atoms with Gasteiger partial charge in [-0.2, -0.15) is 12.9 Å². The lowest BCUT2D eigenvalue weighted by atomic mass is 9.90. The fraction of sp³-hybridized carbons (Fsp3) is 0.493. The summed E-state index contributed by atoms with van der Waals surface area (Å²) >= 11 is 0. The molecule has 0 spiro atoms. The van der Waals surface area contributed by atoms with Gasteiger partial charge in [0, 0.05) is 57.4 Å². The van der Waals surface area contributed by atoms with E-state index >= 15 is 13.2 Å². The third-order valence-corrected chi connectivity index (χ3v) is 22.3. The van der Waals surface area contributed by atoms with Gasteiger partial charge in [-0.15, -0.1) is 0 Å². The number of ketones is 4. The molecule has 5 rings (SSSR count). The third kappa shape index (κ3) is 27.3. The van der Waals surface area contributed by atoms with Gasteiger partial charge in [0.1, 0.15) is 17.3 Å². The number of aryl methyl sites for hydroxylation is 2. The van der Waals surface area contributed by atoms with Crippen LogP contribution in [0.2, 0.25) is 0 Å². The van der Waals surface area contributed by atoms with E-state index in [1.165, 1.54) is 31.2 Å². The normalized spacial score (nSPS) is 14.0. The van der Waals surface area contributed by atoms with Crippen LogP contribution in [0.5, 0.6) is 0 Å². The summed E-state index contributed by atoms with van der Waals surface area (Å²) in [5, 5.41) is 5.86. The van der Waals surface area contributed by atoms with E-state index in [9.17, 15) is 40.8 Å². The highest BCUT2D eigenvalue weighted by Crippen LogP contribution is 2.26. The number of carbonyl (C=O) groups is 6. The fourth-order valence-corrected chi connectivity index (χ4v) is 15.9. The van der Waals surface area contributed by atoms with Crippen molar-refractivity contribution in [2.24, 2.45) is 46.4 Å². The second kappa shape index (κ2) is 40.8. The Morgan fingerprint density at radius 2 is 0.896 bits per heavy atom. The van der Waals surface area contributed by atoms with Crippen LogP contribution in [-0.4, -0.2) is 162 Å². The Kier molecular flexibility index (Phi) is 34.0. The quantitative estimate of drug-likeness (QED) is 0.0243. The number of sulfonamides is 3. The van der Waals surface area contributed by atoms with Crippen LogP contribution in [0, 0.1) is 31.6 Å². The Hall–Kier alpha value is -6.75. The number of unbranched alkanes of at least 4 members (excludes halogenated alkanes) is 3. The Labute approximate surface area is 569 Å². The number of rotatable bonds is 48. The summed E-state index contributed by atoms with van der Waals surface area (Å²) in [5.41, 5.74) is 33.6. The first-order valence-electron chi connectivity index (χ1n) is 33.2. The molecule has 2 amide bonds. The van der Waals surface area contributed by atoms with E-state index in [0.29, 0.717) is 57.1 Å². The molecule has 526 valence electrons. The molecule has 22 nitrogen and oxygen atoms in total. The Morgan fingerprint density at radius 3 is 1.36 bits per heavy atom. The Balaban J connectivity index is 1.50. The molecule has 0 aliphatic rings. The molecule has 0 radical (unpaired) electrons. The van der Waals surface area contributed by atoms with Crippen molar-refractivity contribution < 1.29 is 54.0 Å². The second-order valence-corrected chi connectivity index (χ2v) is 31.2. The number of hydrogen-bond acceptors (Lipinski definition) is 17. The van der Waals surface area contributed by atoms with E-state index in [4.69, 9.17) is 28.7 Å². The summed E-state index contributed by atoms with van der Waals surface area (Å²) in [7, 11) is -13.1. The topological polar surface area (TPSA) is 369 Å². The molecule has 0 bridgehead atoms. The first-order chi connectivity index (χ1) is 45.8. The highest BCUT2D eigenvalue weighted by molar-refractivity contribution is 7.89. The maximum absolute atomic E-state index is 15.1. The molecule has 96 heavy (non-hydrogen) atoms. The van der Waals surface area contributed by atoms with Crippen molar-refractivity contribution in [1.82, 2.24) is 23.5 Å². The minimum atomic E-state index is -4.59. The molecular formula is C71H102N10O12S3. The summed E-state index contributed by atoms with van der Waals surface area (Å²) in [6.07, 6.45) is 3.41. The molecular weight excluding hydrogens is 1280 g/mol. The molecule has 25 heteroatoms. The smallest absolute Gasteiger partial charge is 0.243 e. The summed E-state index contributed by atoms with van der Waals surface area (Å²) < 4.78 is 90.0. The summed E-state index contributed by atoms with van der Waals surface area (Å²) in [6.45, 7) is 2.72. The summed E-state index contributed by atoms with van der Waals surface area (Å²) in [6, 6.07) is 36.3. The summed E-state index contributed by atoms with van der Waals surface area (Å²) in [4.78, 5) is 85.7. The first-order valence-corrected chi connectivity index (χ1v) is 37.7. The molecule has 5 aromatic rings. The standard InChI is InChI=1S/C71H102N10O12S3/c1-53-28-32-64(33-29-53)95(90,91)80(49-59(41-56-19-7-4-8-20-56)44-68(84)66(76)27-15-18-38-74)51-63(83)46-61(25-13-16-36-72)71(87)77-62(26-14-17-37-73)50-81(96(92,93)65-34-30-54(2)31-35-65)52-70(86)78-67(43-58-23-11-6-12-24-58)69(85)45-60(42-57-21-9-5-10-22-57)48-79(47-55(3)82)94(88,89)40-39-75/h4-12,19-24,28-35,59-62,66-67H,13-18,25-27,36-52,72-76H2,1-3H3,(H,77,87)(H,78,86)/t59-,60-,61-,62+,66+,67+/m1/s1. The first kappa shape index (κ1) is 79.9. The van der Waals surface area contributed by atoms with Crippen LogP contribution < -0.4 is 39.3 Å². The van der Waals surface area contributed by atoms with Crippen molar-refractivity contribution in [3.05, 3.63) is 167 Å². The highest BCUT2D eigenvalue weighted by atomic mass is 32.2. The van der Waals surface area contributed by atoms with Crippen LogP contribution in [-0.2, 0) is 78.1 Å². The number of amides is 2. The van der Waals surface area contributed by atoms with E-state index < -0.39 is 133 Å². The van der Waals surface area contributed by atoms with Crippen molar-refractivity contribution in [3.8, 4) is 0 Å². The summed E-state index contributed by atoms with van der Waals surface area (Å²) in [5.74, 6) is -6.12. The van der Waals surface area contributed by atoms with Crippen LogP contribution in [0.15, 0.2) is 149 Å². The van der Waals surface area contributed by atoms with E-state index in [1.54, 1.807) is 73.7 Å². The second-order valence-electron chi connectivity index (χ2n) is 25.2. The third-order valence-electron chi connectivity index (χ3n) is 16.8. The molecule has 0 aromatic heterocycles.